The Balaban J connectivity index is 0.000000649. The maximum absolute atomic E-state index is 13.4. The molecule has 12 heteroatoms. The SMILES string of the molecule is Cc1cccc(C)c1N=[C-]SCc1ccccc1F.FC(F)(F)Oc1cc[c-]cc1.[CH-]=NC(=[NH2+])c1ccc(C=[N-])cc1.[Li+].[Li+]. The van der Waals surface area contributed by atoms with Crippen LogP contribution >= 0.6 is 11.8 Å². The smallest absolute Gasteiger partial charge is 0.810 e. The van der Waals surface area contributed by atoms with Crippen LogP contribution in [0.4, 0.5) is 23.2 Å². The van der Waals surface area contributed by atoms with Gasteiger partial charge < -0.3 is 20.5 Å². The van der Waals surface area contributed by atoms with Crippen LogP contribution in [0.3, 0.4) is 0 Å². The fourth-order valence-electron chi connectivity index (χ4n) is 3.17. The van der Waals surface area contributed by atoms with Crippen molar-refractivity contribution < 1.29 is 65.4 Å². The molecule has 0 aliphatic heterocycles. The zero-order valence-electron chi connectivity index (χ0n) is 24.8. The van der Waals surface area contributed by atoms with Crippen LogP contribution in [0, 0.1) is 25.7 Å². The van der Waals surface area contributed by atoms with E-state index in [1.54, 1.807) is 36.4 Å². The topological polar surface area (TPSA) is 81.8 Å². The molecule has 0 saturated heterocycles. The van der Waals surface area contributed by atoms with Crippen molar-refractivity contribution in [2.75, 3.05) is 0 Å². The minimum Gasteiger partial charge on any atom is -0.810 e. The number of para-hydroxylation sites is 1. The van der Waals surface area contributed by atoms with Crippen molar-refractivity contribution in [3.63, 3.8) is 0 Å². The van der Waals surface area contributed by atoms with Gasteiger partial charge >= 0.3 is 44.1 Å². The molecule has 0 heterocycles. The van der Waals surface area contributed by atoms with Gasteiger partial charge in [0.1, 0.15) is 5.82 Å². The van der Waals surface area contributed by atoms with Gasteiger partial charge in [0, 0.05) is 11.5 Å². The summed E-state index contributed by atoms with van der Waals surface area (Å²) in [6.07, 6.45) is -3.60. The number of hydrogen-bond acceptors (Lipinski definition) is 3. The molecule has 2 N–H and O–H groups in total. The number of benzene rings is 4. The van der Waals surface area contributed by atoms with Gasteiger partial charge in [-0.2, -0.15) is 24.4 Å². The minimum atomic E-state index is -4.61. The monoisotopic (exact) mass is 605 g/mol. The average Bonchev–Trinajstić information content (AvgIpc) is 2.97. The van der Waals surface area contributed by atoms with Gasteiger partial charge in [-0.05, 0) is 22.8 Å². The van der Waals surface area contributed by atoms with E-state index in [0.29, 0.717) is 16.9 Å². The second-order valence-electron chi connectivity index (χ2n) is 8.37. The van der Waals surface area contributed by atoms with Crippen molar-refractivity contribution in [3.05, 3.63) is 136 Å². The largest absolute Gasteiger partial charge is 1.00 e. The molecule has 218 valence electrons. The van der Waals surface area contributed by atoms with Crippen LogP contribution < -0.4 is 47.9 Å². The van der Waals surface area contributed by atoms with Crippen LogP contribution in [0.25, 0.3) is 5.41 Å². The summed E-state index contributed by atoms with van der Waals surface area (Å²) in [5.74, 6) is 0.417. The quantitative estimate of drug-likeness (QED) is 0.113. The normalized spacial score (nSPS) is 10.0. The summed E-state index contributed by atoms with van der Waals surface area (Å²) in [4.78, 5) is 7.68. The zero-order chi connectivity index (χ0) is 31.0. The van der Waals surface area contributed by atoms with Gasteiger partial charge in [-0.1, -0.05) is 86.9 Å². The third-order valence-electron chi connectivity index (χ3n) is 5.26. The van der Waals surface area contributed by atoms with E-state index in [2.05, 4.69) is 26.3 Å². The number of amidine groups is 1. The first-order valence-corrected chi connectivity index (χ1v) is 13.2. The van der Waals surface area contributed by atoms with Gasteiger partial charge in [0.05, 0.1) is 0 Å². The summed E-state index contributed by atoms with van der Waals surface area (Å²) in [6, 6.07) is 27.4. The Kier molecular flexibility index (Phi) is 19.7. The Morgan fingerprint density at radius 1 is 0.977 bits per heavy atom. The van der Waals surface area contributed by atoms with Crippen LogP contribution in [-0.2, 0) is 5.75 Å². The fourth-order valence-corrected chi connectivity index (χ4v) is 3.78. The summed E-state index contributed by atoms with van der Waals surface area (Å²) < 4.78 is 51.5. The Hall–Kier alpha value is -3.38. The van der Waals surface area contributed by atoms with Crippen molar-refractivity contribution in [1.29, 1.82) is 0 Å². The zero-order valence-corrected chi connectivity index (χ0v) is 25.6. The molecule has 4 aromatic carbocycles. The average molecular weight is 606 g/mol. The van der Waals surface area contributed by atoms with E-state index in [9.17, 15) is 17.6 Å². The van der Waals surface area contributed by atoms with Gasteiger partial charge in [-0.15, -0.1) is 42.0 Å². The summed E-state index contributed by atoms with van der Waals surface area (Å²) in [6.45, 7) is 9.03. The predicted octanol–water partition coefficient (Wildman–Crippen LogP) is 1.06. The van der Waals surface area contributed by atoms with Crippen LogP contribution in [0.15, 0.2) is 101 Å². The van der Waals surface area contributed by atoms with Crippen molar-refractivity contribution >= 4 is 41.8 Å². The molecule has 0 bridgehead atoms. The number of aryl methyl sites for hydroxylation is 2. The number of hydrogen-bond donors (Lipinski definition) is 1. The first-order chi connectivity index (χ1) is 20.0. The van der Waals surface area contributed by atoms with E-state index in [-0.39, 0.29) is 55.1 Å². The minimum absolute atomic E-state index is 0. The van der Waals surface area contributed by atoms with E-state index in [4.69, 9.17) is 17.5 Å². The number of thioether (sulfide) groups is 1. The molecule has 44 heavy (non-hydrogen) atoms. The van der Waals surface area contributed by atoms with Gasteiger partial charge in [0.25, 0.3) is 0 Å². The molecule has 0 saturated carbocycles. The molecule has 4 rings (SSSR count). The third-order valence-corrected chi connectivity index (χ3v) is 5.94. The Morgan fingerprint density at radius 2 is 1.57 bits per heavy atom. The van der Waals surface area contributed by atoms with Crippen molar-refractivity contribution in [2.45, 2.75) is 26.0 Å². The maximum atomic E-state index is 13.4. The van der Waals surface area contributed by atoms with Crippen molar-refractivity contribution in [3.8, 4) is 5.75 Å². The first-order valence-electron chi connectivity index (χ1n) is 12.2. The Morgan fingerprint density at radius 3 is 2.09 bits per heavy atom. The summed E-state index contributed by atoms with van der Waals surface area (Å²) >= 11 is 1.38. The van der Waals surface area contributed by atoms with E-state index in [0.717, 1.165) is 28.6 Å². The third kappa shape index (κ3) is 15.4. The first kappa shape index (κ1) is 40.6. The molecule has 4 aromatic rings. The molecule has 0 atom stereocenters. The fraction of sp³-hybridized carbons (Fsp3) is 0.125. The van der Waals surface area contributed by atoms with E-state index in [1.807, 2.05) is 38.1 Å². The number of nitrogens with two attached hydrogens (primary N) is 1. The molecule has 0 aliphatic rings. The molecular formula is C32H27F4Li2N4OS-. The molecule has 0 unspecified atom stereocenters. The Labute approximate surface area is 283 Å². The maximum Gasteiger partial charge on any atom is 1.00 e. The number of ether oxygens (including phenoxy) is 1. The summed E-state index contributed by atoms with van der Waals surface area (Å²) in [5.41, 5.74) is 8.26. The number of rotatable bonds is 7. The molecule has 0 fully saturated rings. The second kappa shape index (κ2) is 21.3. The summed E-state index contributed by atoms with van der Waals surface area (Å²) in [5, 5.41) is 14.1. The number of halogens is 4. The van der Waals surface area contributed by atoms with Crippen LogP contribution in [0.1, 0.15) is 27.8 Å². The van der Waals surface area contributed by atoms with Gasteiger partial charge in [0.2, 0.25) is 0 Å². The van der Waals surface area contributed by atoms with E-state index < -0.39 is 6.36 Å². The molecule has 0 aromatic heterocycles. The molecular weight excluding hydrogens is 578 g/mol. The number of nitrogens with zero attached hydrogens (tertiary/aromatic N) is 3. The van der Waals surface area contributed by atoms with Gasteiger partial charge in [0.15, 0.2) is 5.84 Å². The molecule has 0 spiro atoms. The summed E-state index contributed by atoms with van der Waals surface area (Å²) in [7, 11) is 0. The molecule has 0 amide bonds. The second-order valence-corrected chi connectivity index (χ2v) is 9.13. The van der Waals surface area contributed by atoms with E-state index in [1.165, 1.54) is 42.1 Å². The molecule has 0 radical (unpaired) electrons. The van der Waals surface area contributed by atoms with Crippen molar-refractivity contribution in [2.24, 2.45) is 9.98 Å². The molecule has 0 aliphatic carbocycles. The Bertz CT molecular complexity index is 1470. The molecule has 5 nitrogen and oxygen atoms in total. The van der Waals surface area contributed by atoms with E-state index >= 15 is 0 Å². The van der Waals surface area contributed by atoms with Crippen LogP contribution in [0.5, 0.6) is 5.75 Å². The standard InChI is InChI=1S/C16H15FNS.C9H7N3.C7H4F3O.2Li/c1-12-6-5-7-13(2)16(12)18-11-19-10-14-8-3-4-9-15(14)17;1-12-9(11)8-4-2-7(6-10)3-5-8;8-7(9,10)11-6-4-2-1-3-5-6;;/h3-9H,10H2,1-2H3;1-6,11H;2-5H;;/q-1;-2;-1;2*+1/p+1. The van der Waals surface area contributed by atoms with Gasteiger partial charge in [-0.25, -0.2) is 16.2 Å². The van der Waals surface area contributed by atoms with Crippen LogP contribution in [0.2, 0.25) is 0 Å². The van der Waals surface area contributed by atoms with Gasteiger partial charge in [-0.3, -0.25) is 4.99 Å². The van der Waals surface area contributed by atoms with Crippen LogP contribution in [-0.4, -0.2) is 30.7 Å². The number of aliphatic imine (C=N–C) groups is 2. The number of alkyl halides is 3. The van der Waals surface area contributed by atoms with Crippen molar-refractivity contribution in [1.82, 2.24) is 0 Å². The predicted molar refractivity (Wildman–Crippen MR) is 162 cm³/mol.